The van der Waals surface area contributed by atoms with Crippen molar-refractivity contribution in [1.82, 2.24) is 19.6 Å². The number of aryl methyl sites for hydroxylation is 1. The van der Waals surface area contributed by atoms with Crippen LogP contribution in [0.3, 0.4) is 0 Å². The molecule has 0 spiro atoms. The molecule has 3 heterocycles. The maximum absolute atomic E-state index is 5.86. The molecular weight excluding hydrogens is 204 g/mol. The summed E-state index contributed by atoms with van der Waals surface area (Å²) in [5.41, 5.74) is 14.1. The molecule has 6 heteroatoms. The lowest BCUT2D eigenvalue weighted by atomic mass is 10.2. The molecule has 16 heavy (non-hydrogen) atoms. The van der Waals surface area contributed by atoms with E-state index >= 15 is 0 Å². The Morgan fingerprint density at radius 3 is 2.88 bits per heavy atom. The van der Waals surface area contributed by atoms with E-state index in [0.717, 1.165) is 11.2 Å². The van der Waals surface area contributed by atoms with Crippen molar-refractivity contribution >= 4 is 28.2 Å². The molecule has 80 valence electrons. The predicted octanol–water partition coefficient (Wildman–Crippen LogP) is 0.750. The van der Waals surface area contributed by atoms with Crippen LogP contribution in [0.4, 0.5) is 11.6 Å². The van der Waals surface area contributed by atoms with Crippen molar-refractivity contribution in [3.8, 4) is 0 Å². The number of rotatable bonds is 0. The van der Waals surface area contributed by atoms with E-state index in [1.54, 1.807) is 10.7 Å². The average Bonchev–Trinajstić information content (AvgIpc) is 2.58. The molecule has 0 aliphatic rings. The van der Waals surface area contributed by atoms with Crippen LogP contribution < -0.4 is 11.5 Å². The highest BCUT2D eigenvalue weighted by Gasteiger charge is 2.10. The fourth-order valence-corrected chi connectivity index (χ4v) is 1.83. The van der Waals surface area contributed by atoms with E-state index in [0.29, 0.717) is 22.7 Å². The molecule has 0 saturated heterocycles. The molecule has 0 fully saturated rings. The lowest BCUT2D eigenvalue weighted by Gasteiger charge is -2.05. The molecule has 0 amide bonds. The first kappa shape index (κ1) is 8.90. The van der Waals surface area contributed by atoms with Crippen molar-refractivity contribution in [2.24, 2.45) is 0 Å². The number of fused-ring (bicyclic) bond motifs is 3. The summed E-state index contributed by atoms with van der Waals surface area (Å²) in [7, 11) is 0. The fourth-order valence-electron chi connectivity index (χ4n) is 1.83. The summed E-state index contributed by atoms with van der Waals surface area (Å²) < 4.78 is 1.72. The summed E-state index contributed by atoms with van der Waals surface area (Å²) >= 11 is 0. The van der Waals surface area contributed by atoms with E-state index in [2.05, 4.69) is 15.1 Å². The fraction of sp³-hybridized carbons (Fsp3) is 0.100. The third-order valence-corrected chi connectivity index (χ3v) is 2.49. The quantitative estimate of drug-likeness (QED) is 0.575. The minimum Gasteiger partial charge on any atom is -0.383 e. The van der Waals surface area contributed by atoms with Gasteiger partial charge in [-0.3, -0.25) is 0 Å². The van der Waals surface area contributed by atoms with Crippen LogP contribution in [0.15, 0.2) is 18.3 Å². The number of pyridine rings is 1. The van der Waals surface area contributed by atoms with Crippen LogP contribution in [-0.4, -0.2) is 19.6 Å². The highest BCUT2D eigenvalue weighted by Crippen LogP contribution is 2.24. The van der Waals surface area contributed by atoms with Crippen LogP contribution in [0.2, 0.25) is 0 Å². The summed E-state index contributed by atoms with van der Waals surface area (Å²) in [6.45, 7) is 1.90. The van der Waals surface area contributed by atoms with Crippen LogP contribution in [-0.2, 0) is 0 Å². The number of nitrogens with zero attached hydrogens (tertiary/aromatic N) is 4. The molecule has 0 saturated carbocycles. The van der Waals surface area contributed by atoms with Crippen LogP contribution in [0.1, 0.15) is 5.69 Å². The van der Waals surface area contributed by atoms with Crippen molar-refractivity contribution < 1.29 is 0 Å². The molecule has 3 aromatic rings. The largest absolute Gasteiger partial charge is 0.383 e. The van der Waals surface area contributed by atoms with Gasteiger partial charge in [0, 0.05) is 12.3 Å². The summed E-state index contributed by atoms with van der Waals surface area (Å²) in [4.78, 5) is 8.24. The van der Waals surface area contributed by atoms with Crippen molar-refractivity contribution in [3.05, 3.63) is 24.0 Å². The molecule has 0 aliphatic carbocycles. The second-order valence-corrected chi connectivity index (χ2v) is 3.64. The number of hydrogen-bond donors (Lipinski definition) is 2. The molecule has 3 rings (SSSR count). The van der Waals surface area contributed by atoms with Crippen molar-refractivity contribution in [3.63, 3.8) is 0 Å². The van der Waals surface area contributed by atoms with Gasteiger partial charge in [0.1, 0.15) is 11.6 Å². The Kier molecular flexibility index (Phi) is 1.57. The predicted molar refractivity (Wildman–Crippen MR) is 61.8 cm³/mol. The molecular formula is C10H10N6. The van der Waals surface area contributed by atoms with Gasteiger partial charge in [-0.15, -0.1) is 0 Å². The Hall–Kier alpha value is -2.37. The number of anilines is 2. The third-order valence-electron chi connectivity index (χ3n) is 2.49. The van der Waals surface area contributed by atoms with Crippen LogP contribution >= 0.6 is 0 Å². The Morgan fingerprint density at radius 2 is 2.06 bits per heavy atom. The van der Waals surface area contributed by atoms with Crippen LogP contribution in [0.25, 0.3) is 16.6 Å². The summed E-state index contributed by atoms with van der Waals surface area (Å²) in [5, 5.41) is 4.99. The first-order valence-corrected chi connectivity index (χ1v) is 4.83. The van der Waals surface area contributed by atoms with Gasteiger partial charge < -0.3 is 11.5 Å². The first-order valence-electron chi connectivity index (χ1n) is 4.83. The van der Waals surface area contributed by atoms with Gasteiger partial charge in [-0.05, 0) is 13.0 Å². The van der Waals surface area contributed by atoms with Gasteiger partial charge in [0.25, 0.3) is 0 Å². The third kappa shape index (κ3) is 1.04. The van der Waals surface area contributed by atoms with E-state index in [9.17, 15) is 0 Å². The first-order chi connectivity index (χ1) is 7.66. The van der Waals surface area contributed by atoms with E-state index in [4.69, 9.17) is 11.5 Å². The van der Waals surface area contributed by atoms with E-state index in [-0.39, 0.29) is 0 Å². The number of aromatic nitrogens is 4. The Bertz CT molecular complexity index is 699. The molecule has 0 radical (unpaired) electrons. The molecule has 4 N–H and O–H groups in total. The van der Waals surface area contributed by atoms with Gasteiger partial charge in [0.15, 0.2) is 5.65 Å². The Balaban J connectivity index is 2.64. The highest BCUT2D eigenvalue weighted by molar-refractivity contribution is 5.97. The maximum Gasteiger partial charge on any atom is 0.158 e. The van der Waals surface area contributed by atoms with Gasteiger partial charge in [0.05, 0.1) is 16.6 Å². The van der Waals surface area contributed by atoms with Gasteiger partial charge in [0.2, 0.25) is 0 Å². The molecule has 0 aliphatic heterocycles. The van der Waals surface area contributed by atoms with Gasteiger partial charge >= 0.3 is 0 Å². The maximum atomic E-state index is 5.86. The summed E-state index contributed by atoms with van der Waals surface area (Å²) in [5.74, 6) is 0.755. The summed E-state index contributed by atoms with van der Waals surface area (Å²) in [6.07, 6.45) is 1.63. The smallest absolute Gasteiger partial charge is 0.158 e. The van der Waals surface area contributed by atoms with Crippen molar-refractivity contribution in [2.75, 3.05) is 11.5 Å². The van der Waals surface area contributed by atoms with Gasteiger partial charge in [-0.1, -0.05) is 0 Å². The van der Waals surface area contributed by atoms with E-state index in [1.807, 2.05) is 19.1 Å². The monoisotopic (exact) mass is 214 g/mol. The molecule has 3 aromatic heterocycles. The Morgan fingerprint density at radius 1 is 1.25 bits per heavy atom. The highest BCUT2D eigenvalue weighted by atomic mass is 15.3. The zero-order valence-corrected chi connectivity index (χ0v) is 8.68. The number of nitrogen functional groups attached to an aromatic ring is 2. The molecule has 0 atom stereocenters. The summed E-state index contributed by atoms with van der Waals surface area (Å²) in [6, 6.07) is 3.69. The van der Waals surface area contributed by atoms with Crippen LogP contribution in [0.5, 0.6) is 0 Å². The minimum atomic E-state index is 0.373. The zero-order valence-electron chi connectivity index (χ0n) is 8.68. The van der Waals surface area contributed by atoms with Gasteiger partial charge in [-0.25, -0.2) is 14.5 Å². The molecule has 0 unspecified atom stereocenters. The van der Waals surface area contributed by atoms with Crippen molar-refractivity contribution in [2.45, 2.75) is 6.92 Å². The SMILES string of the molecule is Cc1cc2nc(N)c3c(N)nccc3n2n1. The number of nitrogens with two attached hydrogens (primary N) is 2. The van der Waals surface area contributed by atoms with Gasteiger partial charge in [-0.2, -0.15) is 5.10 Å². The standard InChI is InChI=1S/C10H10N6/c1-5-4-7-14-10(12)8-6(16(7)15-5)2-3-13-9(8)11/h2-4H,1H3,(H2,11,13)(H2,12,14). The average molecular weight is 214 g/mol. The molecule has 0 aromatic carbocycles. The second-order valence-electron chi connectivity index (χ2n) is 3.64. The lowest BCUT2D eigenvalue weighted by molar-refractivity contribution is 0.956. The van der Waals surface area contributed by atoms with E-state index in [1.165, 1.54) is 0 Å². The topological polar surface area (TPSA) is 95.1 Å². The normalized spacial score (nSPS) is 11.3. The Labute approximate surface area is 90.9 Å². The van der Waals surface area contributed by atoms with Crippen LogP contribution in [0, 0.1) is 6.92 Å². The molecule has 6 nitrogen and oxygen atoms in total. The van der Waals surface area contributed by atoms with Crippen molar-refractivity contribution in [1.29, 1.82) is 0 Å². The minimum absolute atomic E-state index is 0.373. The molecule has 0 bridgehead atoms. The lowest BCUT2D eigenvalue weighted by Crippen LogP contribution is -2.02. The van der Waals surface area contributed by atoms with E-state index < -0.39 is 0 Å². The second kappa shape index (κ2) is 2.82. The zero-order chi connectivity index (χ0) is 11.3. The number of hydrogen-bond acceptors (Lipinski definition) is 5.